The molecule has 101 heavy (non-hydrogen) atoms. The summed E-state index contributed by atoms with van der Waals surface area (Å²) >= 11 is 0. The Balaban J connectivity index is 0.000000101. The van der Waals surface area contributed by atoms with Crippen LogP contribution >= 0.6 is 0 Å². The standard InChI is InChI=1S/2C17H12N2.2C17H11N2.C17H10N2.6V/c5*1-11-13-6-4-5-12-9-10-18-14-7-2-3-8-15(14)19(11)17(18)16(12)13;;;;;;/h2-5,7-11H,1H3;2-7,9-11H,1H3;2-5,7-11H,1H2;2-7,9-11H,1H2;2-5,7,9-11H,1H2;;;;;;/q;;2*-1;-2;;;;3*+2. The van der Waals surface area contributed by atoms with Gasteiger partial charge in [0.05, 0.1) is 74.9 Å². The molecule has 0 bridgehead atoms. The van der Waals surface area contributed by atoms with Gasteiger partial charge in [-0.05, 0) is 113 Å². The molecule has 5 atom stereocenters. The van der Waals surface area contributed by atoms with E-state index in [2.05, 4.69) is 305 Å². The van der Waals surface area contributed by atoms with Gasteiger partial charge >= 0.3 is 55.7 Å². The number of fused-ring (bicyclic) bond motifs is 15. The first kappa shape index (κ1) is 68.5. The van der Waals surface area contributed by atoms with Crippen LogP contribution in [-0.4, -0.2) is 22.5 Å². The average molecular weight is 1520 g/mol. The van der Waals surface area contributed by atoms with Crippen molar-refractivity contribution in [1.29, 1.82) is 0 Å². The molecule has 0 amide bonds. The number of aromatic nitrogens is 10. The molecule has 0 saturated carbocycles. The third kappa shape index (κ3) is 9.31. The van der Waals surface area contributed by atoms with E-state index in [0.29, 0.717) is 12.1 Å². The summed E-state index contributed by atoms with van der Waals surface area (Å²) in [5.74, 6) is 0. The van der Waals surface area contributed by atoms with Gasteiger partial charge in [-0.15, -0.1) is 69.2 Å². The Morgan fingerprint density at radius 2 is 0.743 bits per heavy atom. The maximum Gasteiger partial charge on any atom is 2.00 e. The minimum Gasteiger partial charge on any atom is -0.297 e. The normalized spacial score (nSPS) is 16.2. The van der Waals surface area contributed by atoms with E-state index in [1.807, 2.05) is 48.5 Å². The van der Waals surface area contributed by atoms with Gasteiger partial charge in [0.25, 0.3) is 11.3 Å². The largest absolute Gasteiger partial charge is 2.00 e. The molecule has 10 aromatic heterocycles. The predicted molar refractivity (Wildman–Crippen MR) is 374 cm³/mol. The van der Waals surface area contributed by atoms with E-state index in [1.54, 1.807) is 0 Å². The molecule has 10 aromatic carbocycles. The number of imidazole rings is 5. The minimum atomic E-state index is 0. The molecule has 0 saturated heterocycles. The number of pyridine rings is 5. The molecule has 0 fully saturated rings. The number of nitrogens with zero attached hydrogens (tertiary/aromatic N) is 10. The molecule has 474 valence electrons. The van der Waals surface area contributed by atoms with Crippen LogP contribution < -0.4 is 22.3 Å². The van der Waals surface area contributed by atoms with Crippen molar-refractivity contribution in [2.24, 2.45) is 0 Å². The Bertz CT molecular complexity index is 5880. The number of hydrogen-bond acceptors (Lipinski definition) is 0. The van der Waals surface area contributed by atoms with Crippen molar-refractivity contribution < 1.29 is 134 Å². The van der Waals surface area contributed by atoms with Crippen LogP contribution in [0, 0.1) is 57.2 Å². The third-order valence-electron chi connectivity index (χ3n) is 21.2. The fraction of sp³-hybridized carbons (Fsp3) is 0.0824. The van der Waals surface area contributed by atoms with E-state index in [4.69, 9.17) is 0 Å². The minimum absolute atomic E-state index is 0. The number of hydrogen-bond donors (Lipinski definition) is 0. The van der Waals surface area contributed by atoms with E-state index in [0.717, 1.165) is 11.0 Å². The van der Waals surface area contributed by atoms with Gasteiger partial charge in [-0.3, -0.25) is 43.3 Å². The van der Waals surface area contributed by atoms with Crippen LogP contribution in [0.5, 0.6) is 0 Å². The van der Waals surface area contributed by atoms with Gasteiger partial charge in [-0.2, -0.15) is 91.0 Å². The summed E-state index contributed by atoms with van der Waals surface area (Å²) < 4.78 is 23.1. The van der Waals surface area contributed by atoms with Crippen molar-refractivity contribution >= 4 is 137 Å². The summed E-state index contributed by atoms with van der Waals surface area (Å²) in [5.41, 5.74) is 24.8. The molecule has 0 N–H and O–H groups in total. The Morgan fingerprint density at radius 3 is 1.31 bits per heavy atom. The van der Waals surface area contributed by atoms with E-state index >= 15 is 0 Å². The molecule has 5 unspecified atom stereocenters. The summed E-state index contributed by atoms with van der Waals surface area (Å²) in [6.07, 6.45) is 10.8. The molecule has 0 spiro atoms. The molecule has 16 heteroatoms. The van der Waals surface area contributed by atoms with Gasteiger partial charge in [0.15, 0.2) is 22.1 Å². The van der Waals surface area contributed by atoms with E-state index in [1.165, 1.54) is 154 Å². The second-order valence-corrected chi connectivity index (χ2v) is 25.8. The van der Waals surface area contributed by atoms with Crippen molar-refractivity contribution in [2.75, 3.05) is 0 Å². The van der Waals surface area contributed by atoms with Crippen molar-refractivity contribution in [3.63, 3.8) is 0 Å². The second-order valence-electron chi connectivity index (χ2n) is 25.8. The van der Waals surface area contributed by atoms with Crippen LogP contribution in [-0.2, 0) is 111 Å². The first-order valence-corrected chi connectivity index (χ1v) is 32.6. The summed E-state index contributed by atoms with van der Waals surface area (Å²) in [6, 6.07) is 93.3. The molecular formula is C85H56N10V6+2. The Morgan fingerprint density at radius 1 is 0.337 bits per heavy atom. The van der Waals surface area contributed by atoms with E-state index in [-0.39, 0.29) is 129 Å². The van der Waals surface area contributed by atoms with Crippen molar-refractivity contribution in [1.82, 2.24) is 22.5 Å². The van der Waals surface area contributed by atoms with Gasteiger partial charge < -0.3 is 0 Å². The average Bonchev–Trinajstić information content (AvgIpc) is 1.59. The van der Waals surface area contributed by atoms with Crippen molar-refractivity contribution in [2.45, 2.75) is 44.1 Å². The SMILES string of the molecule is CC1c2[c-]ccc3ccn4c5ccccc5[n+]1c4c23.CC1c2cccc3cc[n+]4c5ccc[c-]c5n1c4c23.[CH2-]C1c2[c-]ccc3cc[n+]4c5ccc[c-]c5n1c4c23.[CH2-]C1c2[c-]ccc3ccn4c5ccccc5[n+]1c4c23.[CH2-]C1c2cccc3cc[n+]4c5ccc[c-]c5n1c4c23.[V+2].[V+2].[V+2].[V].[V].[V]. The second kappa shape index (κ2) is 25.6. The van der Waals surface area contributed by atoms with Crippen LogP contribution in [0.1, 0.15) is 71.9 Å². The fourth-order valence-corrected chi connectivity index (χ4v) is 17.2. The topological polar surface area (TPSA) is 43.7 Å². The Kier molecular flexibility index (Phi) is 17.4. The quantitative estimate of drug-likeness (QED) is 0.107. The monoisotopic (exact) mass is 1520 g/mol. The zero-order chi connectivity index (χ0) is 62.8. The molecule has 5 aliphatic heterocycles. The summed E-state index contributed by atoms with van der Waals surface area (Å²) in [5, 5.41) is 13.1. The maximum atomic E-state index is 4.35. The Hall–Kier alpha value is -8.24. The van der Waals surface area contributed by atoms with Gasteiger partial charge in [-0.25, -0.2) is 22.3 Å². The predicted octanol–water partition coefficient (Wildman–Crippen LogP) is 15.5. The molecule has 6 radical (unpaired) electrons. The third-order valence-corrected chi connectivity index (χ3v) is 21.2. The van der Waals surface area contributed by atoms with Crippen molar-refractivity contribution in [3.8, 4) is 0 Å². The zero-order valence-corrected chi connectivity index (χ0v) is 63.1. The fourth-order valence-electron chi connectivity index (χ4n) is 17.2. The number of para-hydroxylation sites is 7. The summed E-state index contributed by atoms with van der Waals surface area (Å²) in [6.45, 7) is 17.6. The van der Waals surface area contributed by atoms with Gasteiger partial charge in [0.2, 0.25) is 16.9 Å². The van der Waals surface area contributed by atoms with Gasteiger partial charge in [0, 0.05) is 67.3 Å². The van der Waals surface area contributed by atoms with Crippen molar-refractivity contribution in [3.05, 3.63) is 322 Å². The van der Waals surface area contributed by atoms with Crippen LogP contribution in [0.15, 0.2) is 237 Å². The molecule has 10 nitrogen and oxygen atoms in total. The molecular weight excluding hydrogens is 1470 g/mol. The molecule has 15 heterocycles. The van der Waals surface area contributed by atoms with Gasteiger partial charge in [-0.1, -0.05) is 60.7 Å². The maximum absolute atomic E-state index is 4.35. The van der Waals surface area contributed by atoms with E-state index in [9.17, 15) is 0 Å². The molecule has 25 rings (SSSR count). The van der Waals surface area contributed by atoms with Crippen LogP contribution in [0.3, 0.4) is 0 Å². The van der Waals surface area contributed by atoms with Crippen LogP contribution in [0.25, 0.3) is 137 Å². The molecule has 0 aliphatic carbocycles. The van der Waals surface area contributed by atoms with E-state index < -0.39 is 0 Å². The molecule has 20 aromatic rings. The summed E-state index contributed by atoms with van der Waals surface area (Å²) in [4.78, 5) is 0. The first-order chi connectivity index (χ1) is 46.8. The summed E-state index contributed by atoms with van der Waals surface area (Å²) in [7, 11) is 0. The first-order valence-electron chi connectivity index (χ1n) is 32.6. The number of rotatable bonds is 0. The van der Waals surface area contributed by atoms with Gasteiger partial charge in [0.1, 0.15) is 12.1 Å². The van der Waals surface area contributed by atoms with Crippen LogP contribution in [0.2, 0.25) is 0 Å². The number of benzene rings is 10. The molecule has 5 aliphatic rings. The van der Waals surface area contributed by atoms with Crippen LogP contribution in [0.4, 0.5) is 0 Å². The zero-order valence-electron chi connectivity index (χ0n) is 54.7. The Labute approximate surface area is 653 Å². The smallest absolute Gasteiger partial charge is 0.297 e.